The molecule has 1 aliphatic carbocycles. The predicted octanol–water partition coefficient (Wildman–Crippen LogP) is 4.21. The number of piperidine rings is 1. The molecule has 1 atom stereocenters. The molecule has 1 saturated carbocycles. The minimum Gasteiger partial charge on any atom is -0.342 e. The Balaban J connectivity index is 1.43. The first-order valence-electron chi connectivity index (χ1n) is 10.5. The molecular formula is C22H29N5O. The Morgan fingerprint density at radius 3 is 2.71 bits per heavy atom. The lowest BCUT2D eigenvalue weighted by Gasteiger charge is -2.35. The summed E-state index contributed by atoms with van der Waals surface area (Å²) in [5, 5.41) is 3.18. The number of nitrogens with one attached hydrogen (secondary N) is 1. The first-order chi connectivity index (χ1) is 13.7. The van der Waals surface area contributed by atoms with Crippen molar-refractivity contribution in [3.8, 4) is 0 Å². The van der Waals surface area contributed by atoms with Gasteiger partial charge >= 0.3 is 0 Å². The third-order valence-electron chi connectivity index (χ3n) is 5.93. The third kappa shape index (κ3) is 4.49. The molecule has 148 valence electrons. The molecule has 2 aromatic rings. The zero-order chi connectivity index (χ0) is 19.3. The summed E-state index contributed by atoms with van der Waals surface area (Å²) < 4.78 is 0. The summed E-state index contributed by atoms with van der Waals surface area (Å²) in [6, 6.07) is 5.92. The van der Waals surface area contributed by atoms with E-state index in [0.29, 0.717) is 11.9 Å². The van der Waals surface area contributed by atoms with Gasteiger partial charge in [-0.25, -0.2) is 15.0 Å². The molecule has 0 aromatic carbocycles. The number of aromatic nitrogens is 3. The first kappa shape index (κ1) is 18.8. The van der Waals surface area contributed by atoms with Crippen LogP contribution in [-0.4, -0.2) is 38.8 Å². The summed E-state index contributed by atoms with van der Waals surface area (Å²) >= 11 is 0. The lowest BCUT2D eigenvalue weighted by Crippen LogP contribution is -2.43. The van der Waals surface area contributed by atoms with Gasteiger partial charge in [-0.15, -0.1) is 0 Å². The summed E-state index contributed by atoms with van der Waals surface area (Å²) in [5.41, 5.74) is 2.12. The van der Waals surface area contributed by atoms with E-state index < -0.39 is 0 Å². The topological polar surface area (TPSA) is 71.0 Å². The van der Waals surface area contributed by atoms with Crippen LogP contribution in [0.4, 0.5) is 11.8 Å². The Morgan fingerprint density at radius 2 is 1.93 bits per heavy atom. The van der Waals surface area contributed by atoms with Crippen molar-refractivity contribution in [3.05, 3.63) is 41.9 Å². The highest BCUT2D eigenvalue weighted by Crippen LogP contribution is 2.30. The molecular weight excluding hydrogens is 350 g/mol. The lowest BCUT2D eigenvalue weighted by molar-refractivity contribution is -0.137. The molecule has 6 nitrogen and oxygen atoms in total. The van der Waals surface area contributed by atoms with Crippen molar-refractivity contribution in [1.29, 1.82) is 0 Å². The Hall–Kier alpha value is -2.50. The number of anilines is 2. The molecule has 0 unspecified atom stereocenters. The molecule has 2 aromatic heterocycles. The van der Waals surface area contributed by atoms with Crippen LogP contribution in [0.5, 0.6) is 0 Å². The second-order valence-corrected chi connectivity index (χ2v) is 8.11. The zero-order valence-corrected chi connectivity index (χ0v) is 16.6. The Bertz CT molecular complexity index is 801. The van der Waals surface area contributed by atoms with Crippen LogP contribution in [0.3, 0.4) is 0 Å². The van der Waals surface area contributed by atoms with Crippen LogP contribution < -0.4 is 5.32 Å². The summed E-state index contributed by atoms with van der Waals surface area (Å²) in [6.45, 7) is 3.67. The van der Waals surface area contributed by atoms with Gasteiger partial charge in [-0.1, -0.05) is 25.3 Å². The summed E-state index contributed by atoms with van der Waals surface area (Å²) in [7, 11) is 0. The zero-order valence-electron chi connectivity index (χ0n) is 16.6. The molecule has 3 heterocycles. The van der Waals surface area contributed by atoms with Gasteiger partial charge in [0.2, 0.25) is 11.9 Å². The average Bonchev–Trinajstić information content (AvgIpc) is 2.76. The second kappa shape index (κ2) is 8.67. The highest BCUT2D eigenvalue weighted by molar-refractivity contribution is 5.79. The van der Waals surface area contributed by atoms with Gasteiger partial charge in [0.25, 0.3) is 0 Å². The maximum Gasteiger partial charge on any atom is 0.228 e. The second-order valence-electron chi connectivity index (χ2n) is 8.11. The number of likely N-dealkylation sites (tertiary alicyclic amines) is 1. The maximum absolute atomic E-state index is 12.9. The number of nitrogens with zero attached hydrogens (tertiary/aromatic N) is 4. The van der Waals surface area contributed by atoms with Crippen molar-refractivity contribution in [2.24, 2.45) is 5.92 Å². The predicted molar refractivity (Wildman–Crippen MR) is 109 cm³/mol. The number of carbonyl (C=O) groups is 1. The molecule has 1 saturated heterocycles. The quantitative estimate of drug-likeness (QED) is 0.862. The minimum atomic E-state index is 0.239. The summed E-state index contributed by atoms with van der Waals surface area (Å²) in [4.78, 5) is 28.4. The highest BCUT2D eigenvalue weighted by atomic mass is 16.2. The van der Waals surface area contributed by atoms with Crippen molar-refractivity contribution in [1.82, 2.24) is 19.9 Å². The average molecular weight is 380 g/mol. The van der Waals surface area contributed by atoms with Crippen molar-refractivity contribution in [2.75, 3.05) is 18.4 Å². The standard InChI is InChI=1S/C22H29N5O/c1-16-9-10-20(24-14-16)26-22-23-12-11-19(25-22)18-8-5-13-27(15-18)21(28)17-6-3-2-4-7-17/h9-12,14,17-18H,2-8,13,15H2,1H3,(H,23,24,25,26)/t18-/m1/s1. The van der Waals surface area contributed by atoms with E-state index >= 15 is 0 Å². The van der Waals surface area contributed by atoms with E-state index in [1.165, 1.54) is 19.3 Å². The number of pyridine rings is 1. The van der Waals surface area contributed by atoms with E-state index in [-0.39, 0.29) is 11.8 Å². The Morgan fingerprint density at radius 1 is 1.07 bits per heavy atom. The molecule has 6 heteroatoms. The van der Waals surface area contributed by atoms with Gasteiger partial charge in [-0.2, -0.15) is 0 Å². The Kier molecular flexibility index (Phi) is 5.84. The molecule has 0 radical (unpaired) electrons. The maximum atomic E-state index is 12.9. The minimum absolute atomic E-state index is 0.239. The lowest BCUT2D eigenvalue weighted by atomic mass is 9.87. The molecule has 1 amide bonds. The Labute approximate surface area is 166 Å². The largest absolute Gasteiger partial charge is 0.342 e. The number of rotatable bonds is 4. The molecule has 2 fully saturated rings. The molecule has 0 spiro atoms. The van der Waals surface area contributed by atoms with Crippen LogP contribution >= 0.6 is 0 Å². The van der Waals surface area contributed by atoms with Crippen LogP contribution in [0.25, 0.3) is 0 Å². The molecule has 0 bridgehead atoms. The number of aryl methyl sites for hydroxylation is 1. The molecule has 1 aliphatic heterocycles. The highest BCUT2D eigenvalue weighted by Gasteiger charge is 2.30. The number of hydrogen-bond acceptors (Lipinski definition) is 5. The molecule has 1 N–H and O–H groups in total. The fourth-order valence-electron chi connectivity index (χ4n) is 4.34. The first-order valence-corrected chi connectivity index (χ1v) is 10.5. The SMILES string of the molecule is Cc1ccc(Nc2nccc([C@@H]3CCCN(C(=O)C4CCCCC4)C3)n2)nc1. The van der Waals surface area contributed by atoms with Crippen LogP contribution in [0.15, 0.2) is 30.6 Å². The van der Waals surface area contributed by atoms with E-state index in [9.17, 15) is 4.79 Å². The summed E-state index contributed by atoms with van der Waals surface area (Å²) in [6.07, 6.45) is 11.5. The van der Waals surface area contributed by atoms with E-state index in [2.05, 4.69) is 20.2 Å². The fourth-order valence-corrected chi connectivity index (χ4v) is 4.34. The van der Waals surface area contributed by atoms with Gasteiger partial charge in [0, 0.05) is 37.3 Å². The van der Waals surface area contributed by atoms with E-state index in [0.717, 1.165) is 55.8 Å². The van der Waals surface area contributed by atoms with Crippen molar-refractivity contribution < 1.29 is 4.79 Å². The summed E-state index contributed by atoms with van der Waals surface area (Å²) in [5.74, 6) is 2.17. The molecule has 4 rings (SSSR count). The van der Waals surface area contributed by atoms with Crippen LogP contribution in [0.1, 0.15) is 62.1 Å². The van der Waals surface area contributed by atoms with Gasteiger partial charge in [-0.3, -0.25) is 4.79 Å². The normalized spacial score (nSPS) is 20.8. The van der Waals surface area contributed by atoms with Crippen LogP contribution in [-0.2, 0) is 4.79 Å². The van der Waals surface area contributed by atoms with Gasteiger partial charge in [-0.05, 0) is 50.3 Å². The smallest absolute Gasteiger partial charge is 0.228 e. The van der Waals surface area contributed by atoms with Crippen LogP contribution in [0, 0.1) is 12.8 Å². The van der Waals surface area contributed by atoms with Crippen molar-refractivity contribution in [3.63, 3.8) is 0 Å². The van der Waals surface area contributed by atoms with Gasteiger partial charge in [0.15, 0.2) is 0 Å². The monoisotopic (exact) mass is 379 g/mol. The van der Waals surface area contributed by atoms with Crippen LogP contribution in [0.2, 0.25) is 0 Å². The molecule has 2 aliphatic rings. The van der Waals surface area contributed by atoms with Crippen molar-refractivity contribution >= 4 is 17.7 Å². The van der Waals surface area contributed by atoms with Gasteiger partial charge in [0.05, 0.1) is 5.69 Å². The molecule has 28 heavy (non-hydrogen) atoms. The van der Waals surface area contributed by atoms with E-state index in [1.54, 1.807) is 6.20 Å². The third-order valence-corrected chi connectivity index (χ3v) is 5.93. The fraction of sp³-hybridized carbons (Fsp3) is 0.545. The van der Waals surface area contributed by atoms with Gasteiger partial charge < -0.3 is 10.2 Å². The van der Waals surface area contributed by atoms with Gasteiger partial charge in [0.1, 0.15) is 5.82 Å². The van der Waals surface area contributed by atoms with E-state index in [4.69, 9.17) is 4.98 Å². The number of carbonyl (C=O) groups excluding carboxylic acids is 1. The number of hydrogen-bond donors (Lipinski definition) is 1. The van der Waals surface area contributed by atoms with E-state index in [1.807, 2.05) is 31.3 Å². The van der Waals surface area contributed by atoms with Crippen molar-refractivity contribution in [2.45, 2.75) is 57.8 Å². The number of amides is 1.